The second-order valence-corrected chi connectivity index (χ2v) is 19.4. The number of benzene rings is 7. The summed E-state index contributed by atoms with van der Waals surface area (Å²) in [5.41, 5.74) is 5.64. The van der Waals surface area contributed by atoms with Gasteiger partial charge in [-0.3, -0.25) is 19.3 Å². The summed E-state index contributed by atoms with van der Waals surface area (Å²) in [4.78, 5) is 44.4. The first-order valence-electron chi connectivity index (χ1n) is 26.3. The fourth-order valence-electron chi connectivity index (χ4n) is 10.0. The molecule has 3 heterocycles. The summed E-state index contributed by atoms with van der Waals surface area (Å²) < 4.78 is 68.5. The molecule has 7 aromatic rings. The highest BCUT2D eigenvalue weighted by Gasteiger charge is 2.59. The molecule has 7 aromatic carbocycles. The fraction of sp³-hybridized carbons (Fsp3) is 0.297. The van der Waals surface area contributed by atoms with E-state index in [1.807, 2.05) is 182 Å². The highest BCUT2D eigenvalue weighted by atomic mass is 16.8. The zero-order valence-corrected chi connectivity index (χ0v) is 43.3. The number of amides is 2. The van der Waals surface area contributed by atoms with Crippen molar-refractivity contribution in [2.75, 3.05) is 13.2 Å². The SMILES string of the molecule is CC(=O)O[C@H]1[C@H](OCc2ccccc2)[C@@H](N2C(=O)c3ccccc3C2=O)[C@H](O[C@@H]2[C@@H](OCc3ccccc3)O[C@H](COCc3ccccc3)[C@@H](OCc3ccccc3)[C@@H]2OCc2ccccc2)O[C@@H]1COCc1ccccc1. The molecule has 2 fully saturated rings. The maximum Gasteiger partial charge on any atom is 0.303 e. The van der Waals surface area contributed by atoms with Gasteiger partial charge in [0.25, 0.3) is 11.8 Å². The van der Waals surface area contributed by atoms with E-state index >= 15 is 0 Å². The molecule has 2 amide bonds. The van der Waals surface area contributed by atoms with Crippen LogP contribution < -0.4 is 0 Å². The Labute approximate surface area is 454 Å². The van der Waals surface area contributed by atoms with Crippen molar-refractivity contribution in [2.45, 2.75) is 108 Å². The molecule has 14 nitrogen and oxygen atoms in total. The van der Waals surface area contributed by atoms with Crippen LogP contribution in [0.25, 0.3) is 0 Å². The number of imide groups is 1. The standard InChI is InChI=1S/C64H63NO13/c1-44(66)75-57-54(43-70-37-46-24-10-3-11-25-46)76-63(55(58(57)72-39-48-28-14-5-15-29-48)65-61(67)51-34-20-21-35-52(51)62(65)68)78-60-59(73-40-49-30-16-6-17-31-49)56(71-38-47-26-12-4-13-27-47)53(42-69-36-45-22-8-2-9-23-45)77-64(60)74-41-50-32-18-7-19-33-50/h2-35,53-60,63-64H,36-43H2,1H3/t53-,54-,55-,56-,57-,58-,59+,60+,63+,64+/m1/s1. The Morgan fingerprint density at radius 3 is 1.17 bits per heavy atom. The average Bonchev–Trinajstić information content (AvgIpc) is 3.96. The van der Waals surface area contributed by atoms with Crippen LogP contribution in [0.5, 0.6) is 0 Å². The summed E-state index contributed by atoms with van der Waals surface area (Å²) >= 11 is 0. The zero-order valence-electron chi connectivity index (χ0n) is 43.3. The molecule has 0 N–H and O–H groups in total. The van der Waals surface area contributed by atoms with Crippen molar-refractivity contribution < 1.29 is 61.8 Å². The van der Waals surface area contributed by atoms with E-state index in [1.54, 1.807) is 24.3 Å². The molecule has 2 saturated heterocycles. The topological polar surface area (TPSA) is 147 Å². The first kappa shape index (κ1) is 54.2. The van der Waals surface area contributed by atoms with Crippen molar-refractivity contribution in [1.82, 2.24) is 4.90 Å². The molecule has 3 aliphatic heterocycles. The smallest absolute Gasteiger partial charge is 0.303 e. The molecular formula is C64H63NO13. The molecule has 78 heavy (non-hydrogen) atoms. The Morgan fingerprint density at radius 2 is 0.744 bits per heavy atom. The van der Waals surface area contributed by atoms with Gasteiger partial charge in [0.05, 0.1) is 64.0 Å². The van der Waals surface area contributed by atoms with Crippen molar-refractivity contribution in [3.63, 3.8) is 0 Å². The highest BCUT2D eigenvalue weighted by Crippen LogP contribution is 2.40. The summed E-state index contributed by atoms with van der Waals surface area (Å²) in [6.07, 6.45) is -10.3. The summed E-state index contributed by atoms with van der Waals surface area (Å²) in [7, 11) is 0. The van der Waals surface area contributed by atoms with E-state index in [1.165, 1.54) is 6.92 Å². The number of carbonyl (C=O) groups excluding carboxylic acids is 3. The molecule has 0 radical (unpaired) electrons. The molecule has 0 spiro atoms. The van der Waals surface area contributed by atoms with Gasteiger partial charge in [-0.1, -0.05) is 194 Å². The van der Waals surface area contributed by atoms with Gasteiger partial charge in [-0.2, -0.15) is 0 Å². The average molecular weight is 1050 g/mol. The third kappa shape index (κ3) is 13.7. The van der Waals surface area contributed by atoms with Crippen LogP contribution in [0.2, 0.25) is 0 Å². The second kappa shape index (κ2) is 26.9. The Hall–Kier alpha value is -7.21. The van der Waals surface area contributed by atoms with Gasteiger partial charge < -0.3 is 47.4 Å². The van der Waals surface area contributed by atoms with E-state index in [4.69, 9.17) is 47.4 Å². The van der Waals surface area contributed by atoms with Gasteiger partial charge in [0, 0.05) is 6.92 Å². The van der Waals surface area contributed by atoms with E-state index < -0.39 is 79.1 Å². The monoisotopic (exact) mass is 1050 g/mol. The van der Waals surface area contributed by atoms with Crippen molar-refractivity contribution >= 4 is 17.8 Å². The lowest BCUT2D eigenvalue weighted by Crippen LogP contribution is -2.69. The predicted molar refractivity (Wildman–Crippen MR) is 287 cm³/mol. The third-order valence-electron chi connectivity index (χ3n) is 13.8. The molecule has 3 aliphatic rings. The molecule has 0 aliphatic carbocycles. The zero-order chi connectivity index (χ0) is 53.5. The van der Waals surface area contributed by atoms with Gasteiger partial charge in [0.1, 0.15) is 42.7 Å². The van der Waals surface area contributed by atoms with Crippen LogP contribution in [0.1, 0.15) is 61.0 Å². The number of ether oxygens (including phenoxy) is 10. The Morgan fingerprint density at radius 1 is 0.397 bits per heavy atom. The summed E-state index contributed by atoms with van der Waals surface area (Å²) in [6, 6.07) is 63.2. The highest BCUT2D eigenvalue weighted by molar-refractivity contribution is 6.21. The lowest BCUT2D eigenvalue weighted by Gasteiger charge is -2.51. The van der Waals surface area contributed by atoms with Gasteiger partial charge >= 0.3 is 5.97 Å². The summed E-state index contributed by atoms with van der Waals surface area (Å²) in [5.74, 6) is -1.87. The van der Waals surface area contributed by atoms with Crippen LogP contribution in [-0.4, -0.2) is 97.2 Å². The molecule has 10 rings (SSSR count). The lowest BCUT2D eigenvalue weighted by molar-refractivity contribution is -0.371. The number of rotatable bonds is 24. The quantitative estimate of drug-likeness (QED) is 0.0418. The van der Waals surface area contributed by atoms with Crippen LogP contribution in [0.15, 0.2) is 206 Å². The molecule has 0 unspecified atom stereocenters. The predicted octanol–water partition coefficient (Wildman–Crippen LogP) is 9.82. The fourth-order valence-corrected chi connectivity index (χ4v) is 10.0. The molecular weight excluding hydrogens is 991 g/mol. The molecule has 14 heteroatoms. The van der Waals surface area contributed by atoms with E-state index in [9.17, 15) is 14.4 Å². The maximum atomic E-state index is 15.0. The van der Waals surface area contributed by atoms with Gasteiger partial charge in [0.15, 0.2) is 18.7 Å². The number of carbonyl (C=O) groups is 3. The second-order valence-electron chi connectivity index (χ2n) is 19.4. The van der Waals surface area contributed by atoms with Crippen LogP contribution in [0.4, 0.5) is 0 Å². The van der Waals surface area contributed by atoms with Gasteiger partial charge in [-0.05, 0) is 45.5 Å². The van der Waals surface area contributed by atoms with Gasteiger partial charge in [-0.25, -0.2) is 0 Å². The first-order valence-corrected chi connectivity index (χ1v) is 26.3. The Bertz CT molecular complexity index is 2940. The van der Waals surface area contributed by atoms with Gasteiger partial charge in [0.2, 0.25) is 0 Å². The van der Waals surface area contributed by atoms with E-state index in [0.29, 0.717) is 0 Å². The van der Waals surface area contributed by atoms with Crippen molar-refractivity contribution in [2.24, 2.45) is 0 Å². The molecule has 0 bridgehead atoms. The maximum absolute atomic E-state index is 15.0. The largest absolute Gasteiger partial charge is 0.457 e. The van der Waals surface area contributed by atoms with Gasteiger partial charge in [-0.15, -0.1) is 0 Å². The molecule has 0 aromatic heterocycles. The van der Waals surface area contributed by atoms with Crippen LogP contribution >= 0.6 is 0 Å². The first-order chi connectivity index (χ1) is 38.4. The van der Waals surface area contributed by atoms with E-state index in [-0.39, 0.29) is 64.0 Å². The van der Waals surface area contributed by atoms with Crippen LogP contribution in [-0.2, 0) is 91.8 Å². The minimum absolute atomic E-state index is 0.00845. The number of nitrogens with zero attached hydrogens (tertiary/aromatic N) is 1. The normalized spacial score (nSPS) is 23.9. The van der Waals surface area contributed by atoms with E-state index in [2.05, 4.69) is 0 Å². The third-order valence-corrected chi connectivity index (χ3v) is 13.8. The number of hydrogen-bond acceptors (Lipinski definition) is 13. The lowest BCUT2D eigenvalue weighted by atomic mass is 9.93. The molecule has 402 valence electrons. The van der Waals surface area contributed by atoms with Crippen LogP contribution in [0, 0.1) is 0 Å². The Kier molecular flexibility index (Phi) is 18.7. The molecule has 10 atom stereocenters. The minimum Gasteiger partial charge on any atom is -0.457 e. The van der Waals surface area contributed by atoms with E-state index in [0.717, 1.165) is 38.3 Å². The summed E-state index contributed by atoms with van der Waals surface area (Å²) in [5, 5.41) is 0. The van der Waals surface area contributed by atoms with Crippen molar-refractivity contribution in [1.29, 1.82) is 0 Å². The Balaban J connectivity index is 1.09. The van der Waals surface area contributed by atoms with Crippen molar-refractivity contribution in [3.05, 3.63) is 251 Å². The van der Waals surface area contributed by atoms with Crippen LogP contribution in [0.3, 0.4) is 0 Å². The number of fused-ring (bicyclic) bond motifs is 1. The van der Waals surface area contributed by atoms with Crippen molar-refractivity contribution in [3.8, 4) is 0 Å². The summed E-state index contributed by atoms with van der Waals surface area (Å²) in [6.45, 7) is 2.05. The number of hydrogen-bond donors (Lipinski definition) is 0. The molecule has 0 saturated carbocycles. The number of esters is 1. The minimum atomic E-state index is -1.54.